The van der Waals surface area contributed by atoms with Crippen molar-refractivity contribution in [3.05, 3.63) is 0 Å². The fraction of sp³-hybridized carbons (Fsp3) is 0.818. The molecule has 2 unspecified atom stereocenters. The van der Waals surface area contributed by atoms with Crippen LogP contribution in [-0.4, -0.2) is 51.0 Å². The van der Waals surface area contributed by atoms with Gasteiger partial charge in [-0.25, -0.2) is 9.59 Å². The third-order valence-electron chi connectivity index (χ3n) is 2.62. The molecule has 6 heteroatoms. The van der Waals surface area contributed by atoms with Crippen molar-refractivity contribution in [1.82, 2.24) is 4.90 Å². The van der Waals surface area contributed by atoms with Crippen LogP contribution >= 0.6 is 0 Å². The number of hydrogen-bond donors (Lipinski definition) is 2. The lowest BCUT2D eigenvalue weighted by Gasteiger charge is -2.30. The first kappa shape index (κ1) is 13.8. The molecule has 0 saturated carbocycles. The van der Waals surface area contributed by atoms with Crippen LogP contribution in [0.4, 0.5) is 4.79 Å². The van der Waals surface area contributed by atoms with Gasteiger partial charge in [0.2, 0.25) is 0 Å². The number of likely N-dealkylation sites (tertiary alicyclic amines) is 1. The Bertz CT molecular complexity index is 331. The number of carbonyl (C=O) groups excluding carboxylic acids is 1. The zero-order chi connectivity index (χ0) is 13.4. The summed E-state index contributed by atoms with van der Waals surface area (Å²) in [4.78, 5) is 23.9. The monoisotopic (exact) mass is 245 g/mol. The molecule has 1 saturated heterocycles. The minimum atomic E-state index is -1.41. The van der Waals surface area contributed by atoms with Crippen molar-refractivity contribution in [3.8, 4) is 0 Å². The standard InChI is InChI=1S/C11H19NO5/c1-10(2,3)17-9(15)12-6-5-11(4,16)7(12)8(13)14/h7,16H,5-6H2,1-4H3,(H,13,14). The summed E-state index contributed by atoms with van der Waals surface area (Å²) < 4.78 is 5.11. The third kappa shape index (κ3) is 3.09. The summed E-state index contributed by atoms with van der Waals surface area (Å²) in [5.74, 6) is -1.22. The molecule has 0 aromatic heterocycles. The van der Waals surface area contributed by atoms with E-state index in [-0.39, 0.29) is 13.0 Å². The summed E-state index contributed by atoms with van der Waals surface area (Å²) in [5, 5.41) is 19.0. The Balaban J connectivity index is 2.85. The van der Waals surface area contributed by atoms with Crippen LogP contribution in [0.5, 0.6) is 0 Å². The van der Waals surface area contributed by atoms with Crippen LogP contribution in [0, 0.1) is 0 Å². The van der Waals surface area contributed by atoms with Gasteiger partial charge in [-0.2, -0.15) is 0 Å². The second-order valence-corrected chi connectivity index (χ2v) is 5.52. The zero-order valence-electron chi connectivity index (χ0n) is 10.6. The lowest BCUT2D eigenvalue weighted by molar-refractivity contribution is -0.148. The van der Waals surface area contributed by atoms with Gasteiger partial charge in [0.15, 0.2) is 6.04 Å². The first-order valence-electron chi connectivity index (χ1n) is 5.49. The maximum atomic E-state index is 11.8. The Labute approximate surface area is 100 Å². The van der Waals surface area contributed by atoms with Crippen molar-refractivity contribution in [1.29, 1.82) is 0 Å². The first-order valence-corrected chi connectivity index (χ1v) is 5.49. The van der Waals surface area contributed by atoms with Crippen LogP contribution < -0.4 is 0 Å². The molecule has 98 valence electrons. The van der Waals surface area contributed by atoms with Gasteiger partial charge in [-0.05, 0) is 34.1 Å². The molecule has 0 aliphatic carbocycles. The van der Waals surface area contributed by atoms with Gasteiger partial charge in [0.25, 0.3) is 0 Å². The Hall–Kier alpha value is -1.30. The van der Waals surface area contributed by atoms with E-state index >= 15 is 0 Å². The number of ether oxygens (including phenoxy) is 1. The maximum absolute atomic E-state index is 11.8. The predicted molar refractivity (Wildman–Crippen MR) is 59.6 cm³/mol. The Morgan fingerprint density at radius 3 is 2.35 bits per heavy atom. The van der Waals surface area contributed by atoms with Crippen LogP contribution in [0.25, 0.3) is 0 Å². The molecule has 2 N–H and O–H groups in total. The van der Waals surface area contributed by atoms with Crippen molar-refractivity contribution in [2.45, 2.75) is 51.4 Å². The van der Waals surface area contributed by atoms with E-state index in [0.717, 1.165) is 4.90 Å². The van der Waals surface area contributed by atoms with Gasteiger partial charge in [-0.1, -0.05) is 0 Å². The summed E-state index contributed by atoms with van der Waals surface area (Å²) in [6.07, 6.45) is -0.480. The molecular weight excluding hydrogens is 226 g/mol. The van der Waals surface area contributed by atoms with Gasteiger partial charge in [-0.3, -0.25) is 4.90 Å². The number of amides is 1. The van der Waals surface area contributed by atoms with Crippen LogP contribution in [-0.2, 0) is 9.53 Å². The van der Waals surface area contributed by atoms with Gasteiger partial charge < -0.3 is 14.9 Å². The number of carboxylic acids is 1. The van der Waals surface area contributed by atoms with E-state index in [9.17, 15) is 14.7 Å². The molecule has 6 nitrogen and oxygen atoms in total. The summed E-state index contributed by atoms with van der Waals surface area (Å²) in [7, 11) is 0. The van der Waals surface area contributed by atoms with E-state index in [1.54, 1.807) is 20.8 Å². The van der Waals surface area contributed by atoms with Crippen LogP contribution in [0.15, 0.2) is 0 Å². The molecule has 1 aliphatic rings. The molecule has 1 heterocycles. The molecule has 0 aromatic carbocycles. The fourth-order valence-electron chi connectivity index (χ4n) is 1.86. The quantitative estimate of drug-likeness (QED) is 0.714. The van der Waals surface area contributed by atoms with Crippen molar-refractivity contribution in [2.75, 3.05) is 6.54 Å². The van der Waals surface area contributed by atoms with Gasteiger partial charge in [0.1, 0.15) is 5.60 Å². The summed E-state index contributed by atoms with van der Waals surface area (Å²) in [6.45, 7) is 6.70. The maximum Gasteiger partial charge on any atom is 0.411 e. The molecule has 1 amide bonds. The fourth-order valence-corrected chi connectivity index (χ4v) is 1.86. The molecule has 0 aromatic rings. The Morgan fingerprint density at radius 1 is 1.41 bits per heavy atom. The largest absolute Gasteiger partial charge is 0.480 e. The van der Waals surface area contributed by atoms with Gasteiger partial charge in [0, 0.05) is 6.54 Å². The van der Waals surface area contributed by atoms with Crippen LogP contribution in [0.1, 0.15) is 34.1 Å². The average molecular weight is 245 g/mol. The number of rotatable bonds is 1. The minimum absolute atomic E-state index is 0.179. The average Bonchev–Trinajstić information content (AvgIpc) is 2.37. The van der Waals surface area contributed by atoms with Gasteiger partial charge in [0.05, 0.1) is 5.60 Å². The second kappa shape index (κ2) is 4.18. The highest BCUT2D eigenvalue weighted by Gasteiger charge is 2.50. The minimum Gasteiger partial charge on any atom is -0.480 e. The number of hydrogen-bond acceptors (Lipinski definition) is 4. The normalized spacial score (nSPS) is 29.2. The van der Waals surface area contributed by atoms with Crippen LogP contribution in [0.3, 0.4) is 0 Å². The third-order valence-corrected chi connectivity index (χ3v) is 2.62. The molecule has 1 fully saturated rings. The van der Waals surface area contributed by atoms with Gasteiger partial charge in [-0.15, -0.1) is 0 Å². The highest BCUT2D eigenvalue weighted by atomic mass is 16.6. The molecule has 0 spiro atoms. The number of carboxylic acid groups (broad SMARTS) is 1. The van der Waals surface area contributed by atoms with E-state index in [0.29, 0.717) is 0 Å². The number of aliphatic hydroxyl groups is 1. The number of aliphatic carboxylic acids is 1. The van der Waals surface area contributed by atoms with E-state index in [2.05, 4.69) is 0 Å². The summed E-state index contributed by atoms with van der Waals surface area (Å²) in [5.41, 5.74) is -2.10. The topological polar surface area (TPSA) is 87.1 Å². The van der Waals surface area contributed by atoms with Crippen molar-refractivity contribution in [2.24, 2.45) is 0 Å². The molecule has 0 radical (unpaired) electrons. The van der Waals surface area contributed by atoms with E-state index < -0.39 is 29.3 Å². The molecule has 1 aliphatic heterocycles. The van der Waals surface area contributed by atoms with Crippen molar-refractivity contribution in [3.63, 3.8) is 0 Å². The lowest BCUT2D eigenvalue weighted by atomic mass is 9.97. The molecule has 2 atom stereocenters. The molecule has 0 bridgehead atoms. The van der Waals surface area contributed by atoms with Gasteiger partial charge >= 0.3 is 12.1 Å². The molecule has 1 rings (SSSR count). The van der Waals surface area contributed by atoms with E-state index in [1.165, 1.54) is 6.92 Å². The predicted octanol–water partition coefficient (Wildman–Crippen LogP) is 0.831. The summed E-state index contributed by atoms with van der Waals surface area (Å²) in [6, 6.07) is -1.25. The lowest BCUT2D eigenvalue weighted by Crippen LogP contribution is -2.51. The van der Waals surface area contributed by atoms with E-state index in [1.807, 2.05) is 0 Å². The molecule has 17 heavy (non-hydrogen) atoms. The first-order chi connectivity index (χ1) is 7.54. The Morgan fingerprint density at radius 2 is 1.94 bits per heavy atom. The van der Waals surface area contributed by atoms with Crippen molar-refractivity contribution >= 4 is 12.1 Å². The number of nitrogens with zero attached hydrogens (tertiary/aromatic N) is 1. The van der Waals surface area contributed by atoms with Crippen LogP contribution in [0.2, 0.25) is 0 Å². The highest BCUT2D eigenvalue weighted by molar-refractivity contribution is 5.82. The van der Waals surface area contributed by atoms with E-state index in [4.69, 9.17) is 9.84 Å². The number of carbonyl (C=O) groups is 2. The van der Waals surface area contributed by atoms with Crippen molar-refractivity contribution < 1.29 is 24.5 Å². The Kier molecular flexibility index (Phi) is 3.38. The zero-order valence-corrected chi connectivity index (χ0v) is 10.6. The second-order valence-electron chi connectivity index (χ2n) is 5.52. The SMILES string of the molecule is CC(C)(C)OC(=O)N1CCC(C)(O)C1C(=O)O. The molecular formula is C11H19NO5. The smallest absolute Gasteiger partial charge is 0.411 e. The summed E-state index contributed by atoms with van der Waals surface area (Å²) >= 11 is 0. The highest BCUT2D eigenvalue weighted by Crippen LogP contribution is 2.29.